The van der Waals surface area contributed by atoms with Crippen LogP contribution in [0.15, 0.2) is 41.8 Å². The Morgan fingerprint density at radius 2 is 1.75 bits per heavy atom. The van der Waals surface area contributed by atoms with E-state index in [1.165, 1.54) is 35.6 Å². The molecule has 2 aromatic rings. The number of hydrogen-bond donors (Lipinski definition) is 0. The fourth-order valence-electron chi connectivity index (χ4n) is 3.53. The molecule has 2 heterocycles. The predicted molar refractivity (Wildman–Crippen MR) is 102 cm³/mol. The van der Waals surface area contributed by atoms with Crippen molar-refractivity contribution in [2.75, 3.05) is 18.1 Å². The highest BCUT2D eigenvalue weighted by Crippen LogP contribution is 2.48. The second-order valence-corrected chi connectivity index (χ2v) is 7.16. The standard InChI is InChI=1S/C20H20FNO5S/c1-3-26-18(24)20(19(25)27-4-2)15(16-6-5-11-28-16)12-17(23)22(20)14-9-7-13(21)8-10-14/h5-11,15H,3-4,12H2,1-2H3/t15-/m0/s1. The molecule has 8 heteroatoms. The summed E-state index contributed by atoms with van der Waals surface area (Å²) in [5.74, 6) is -3.43. The summed E-state index contributed by atoms with van der Waals surface area (Å²) in [5, 5.41) is 1.81. The van der Waals surface area contributed by atoms with E-state index < -0.39 is 35.1 Å². The molecular formula is C20H20FNO5S. The van der Waals surface area contributed by atoms with Crippen molar-refractivity contribution in [3.63, 3.8) is 0 Å². The maximum Gasteiger partial charge on any atom is 0.344 e. The van der Waals surface area contributed by atoms with Gasteiger partial charge in [-0.25, -0.2) is 14.0 Å². The molecule has 1 aliphatic heterocycles. The number of halogens is 1. The van der Waals surface area contributed by atoms with Crippen molar-refractivity contribution in [2.24, 2.45) is 0 Å². The van der Waals surface area contributed by atoms with E-state index in [1.807, 2.05) is 0 Å². The predicted octanol–water partition coefficient (Wildman–Crippen LogP) is 3.27. The summed E-state index contributed by atoms with van der Waals surface area (Å²) in [7, 11) is 0. The van der Waals surface area contributed by atoms with Crippen molar-refractivity contribution < 1.29 is 28.2 Å². The van der Waals surface area contributed by atoms with E-state index in [0.717, 1.165) is 4.90 Å². The first-order chi connectivity index (χ1) is 13.5. The van der Waals surface area contributed by atoms with Crippen LogP contribution in [0.5, 0.6) is 0 Å². The van der Waals surface area contributed by atoms with Crippen LogP contribution in [0.3, 0.4) is 0 Å². The van der Waals surface area contributed by atoms with Gasteiger partial charge in [-0.05, 0) is 49.6 Å². The van der Waals surface area contributed by atoms with Gasteiger partial charge in [-0.15, -0.1) is 11.3 Å². The molecule has 0 radical (unpaired) electrons. The summed E-state index contributed by atoms with van der Waals surface area (Å²) < 4.78 is 23.9. The number of hydrogen-bond acceptors (Lipinski definition) is 6. The highest BCUT2D eigenvalue weighted by atomic mass is 32.1. The third kappa shape index (κ3) is 3.17. The SMILES string of the molecule is CCOC(=O)C1(C(=O)OCC)[C@H](c2cccs2)CC(=O)N1c1ccc(F)cc1. The van der Waals surface area contributed by atoms with Crippen LogP contribution in [0, 0.1) is 5.82 Å². The quantitative estimate of drug-likeness (QED) is 0.545. The van der Waals surface area contributed by atoms with Crippen LogP contribution in [-0.2, 0) is 23.9 Å². The van der Waals surface area contributed by atoms with Crippen molar-refractivity contribution in [1.29, 1.82) is 0 Å². The van der Waals surface area contributed by atoms with Crippen molar-refractivity contribution in [3.05, 3.63) is 52.5 Å². The van der Waals surface area contributed by atoms with Crippen molar-refractivity contribution >= 4 is 34.9 Å². The number of nitrogens with zero attached hydrogens (tertiary/aromatic N) is 1. The van der Waals surface area contributed by atoms with Crippen LogP contribution in [0.1, 0.15) is 31.1 Å². The Kier molecular flexibility index (Phi) is 5.79. The molecule has 3 rings (SSSR count). The van der Waals surface area contributed by atoms with Crippen LogP contribution in [0.4, 0.5) is 10.1 Å². The molecule has 1 fully saturated rings. The van der Waals surface area contributed by atoms with Gasteiger partial charge < -0.3 is 9.47 Å². The topological polar surface area (TPSA) is 72.9 Å². The van der Waals surface area contributed by atoms with Gasteiger partial charge in [0.25, 0.3) is 5.54 Å². The number of esters is 2. The summed E-state index contributed by atoms with van der Waals surface area (Å²) in [6.45, 7) is 3.30. The first-order valence-corrected chi connectivity index (χ1v) is 9.81. The zero-order valence-electron chi connectivity index (χ0n) is 15.5. The normalized spacial score (nSPS) is 18.2. The minimum atomic E-state index is -2.01. The summed E-state index contributed by atoms with van der Waals surface area (Å²) in [4.78, 5) is 41.2. The second kappa shape index (κ2) is 8.10. The number of anilines is 1. The molecule has 0 unspecified atom stereocenters. The Balaban J connectivity index is 2.25. The van der Waals surface area contributed by atoms with Gasteiger partial charge in [0, 0.05) is 22.9 Å². The molecule has 0 bridgehead atoms. The molecule has 28 heavy (non-hydrogen) atoms. The average Bonchev–Trinajstić information content (AvgIpc) is 3.29. The maximum atomic E-state index is 13.4. The lowest BCUT2D eigenvalue weighted by atomic mass is 9.83. The molecule has 1 aromatic carbocycles. The fourth-order valence-corrected chi connectivity index (χ4v) is 4.42. The number of carbonyl (C=O) groups is 3. The zero-order chi connectivity index (χ0) is 20.3. The van der Waals surface area contributed by atoms with Gasteiger partial charge in [0.2, 0.25) is 5.91 Å². The first-order valence-electron chi connectivity index (χ1n) is 8.93. The molecule has 0 spiro atoms. The van der Waals surface area contributed by atoms with Crippen LogP contribution in [-0.4, -0.2) is 36.6 Å². The number of amides is 1. The number of ether oxygens (including phenoxy) is 2. The molecule has 1 aromatic heterocycles. The van der Waals surface area contributed by atoms with E-state index in [1.54, 1.807) is 31.4 Å². The Morgan fingerprint density at radius 1 is 1.14 bits per heavy atom. The molecule has 1 atom stereocenters. The summed E-state index contributed by atoms with van der Waals surface area (Å²) in [5.41, 5.74) is -1.78. The van der Waals surface area contributed by atoms with Crippen LogP contribution < -0.4 is 4.90 Å². The number of rotatable bonds is 6. The van der Waals surface area contributed by atoms with Gasteiger partial charge in [0.1, 0.15) is 5.82 Å². The van der Waals surface area contributed by atoms with Crippen molar-refractivity contribution in [3.8, 4) is 0 Å². The average molecular weight is 405 g/mol. The minimum Gasteiger partial charge on any atom is -0.464 e. The van der Waals surface area contributed by atoms with E-state index in [4.69, 9.17) is 9.47 Å². The monoisotopic (exact) mass is 405 g/mol. The third-order valence-corrected chi connectivity index (χ3v) is 5.62. The first kappa shape index (κ1) is 20.0. The Hall–Kier alpha value is -2.74. The largest absolute Gasteiger partial charge is 0.464 e. The van der Waals surface area contributed by atoms with E-state index in [9.17, 15) is 18.8 Å². The van der Waals surface area contributed by atoms with E-state index in [2.05, 4.69) is 0 Å². The molecule has 148 valence electrons. The maximum absolute atomic E-state index is 13.4. The van der Waals surface area contributed by atoms with Gasteiger partial charge in [-0.3, -0.25) is 9.69 Å². The molecule has 6 nitrogen and oxygen atoms in total. The summed E-state index contributed by atoms with van der Waals surface area (Å²) in [6.07, 6.45) is -0.0739. The number of benzene rings is 1. The van der Waals surface area contributed by atoms with E-state index in [0.29, 0.717) is 4.88 Å². The number of carbonyl (C=O) groups excluding carboxylic acids is 3. The summed E-state index contributed by atoms with van der Waals surface area (Å²) >= 11 is 1.34. The van der Waals surface area contributed by atoms with Gasteiger partial charge in [0.05, 0.1) is 13.2 Å². The lowest BCUT2D eigenvalue weighted by Gasteiger charge is -2.37. The molecule has 1 aliphatic rings. The smallest absolute Gasteiger partial charge is 0.344 e. The Bertz CT molecular complexity index is 847. The number of thiophene rings is 1. The molecule has 1 amide bonds. The summed E-state index contributed by atoms with van der Waals surface area (Å²) in [6, 6.07) is 8.61. The van der Waals surface area contributed by atoms with E-state index >= 15 is 0 Å². The Morgan fingerprint density at radius 3 is 2.25 bits per heavy atom. The molecule has 1 saturated heterocycles. The third-order valence-electron chi connectivity index (χ3n) is 4.63. The molecule has 0 saturated carbocycles. The second-order valence-electron chi connectivity index (χ2n) is 6.19. The van der Waals surface area contributed by atoms with Crippen LogP contribution >= 0.6 is 11.3 Å². The molecular weight excluding hydrogens is 385 g/mol. The van der Waals surface area contributed by atoms with Gasteiger partial charge in [0.15, 0.2) is 0 Å². The Labute approximate surface area is 165 Å². The van der Waals surface area contributed by atoms with Crippen LogP contribution in [0.25, 0.3) is 0 Å². The highest BCUT2D eigenvalue weighted by Gasteiger charge is 2.66. The van der Waals surface area contributed by atoms with Gasteiger partial charge in [-0.2, -0.15) is 0 Å². The highest BCUT2D eigenvalue weighted by molar-refractivity contribution is 7.10. The van der Waals surface area contributed by atoms with Crippen molar-refractivity contribution in [2.45, 2.75) is 31.7 Å². The fraction of sp³-hybridized carbons (Fsp3) is 0.350. The van der Waals surface area contributed by atoms with Crippen molar-refractivity contribution in [1.82, 2.24) is 0 Å². The minimum absolute atomic E-state index is 0.0304. The molecule has 0 aliphatic carbocycles. The lowest BCUT2D eigenvalue weighted by Crippen LogP contribution is -2.62. The van der Waals surface area contributed by atoms with Crippen LogP contribution in [0.2, 0.25) is 0 Å². The zero-order valence-corrected chi connectivity index (χ0v) is 16.3. The lowest BCUT2D eigenvalue weighted by molar-refractivity contribution is -0.164. The van der Waals surface area contributed by atoms with Gasteiger partial charge >= 0.3 is 11.9 Å². The molecule has 0 N–H and O–H groups in total. The van der Waals surface area contributed by atoms with E-state index in [-0.39, 0.29) is 25.3 Å². The van der Waals surface area contributed by atoms with Gasteiger partial charge in [-0.1, -0.05) is 6.07 Å².